The number of allylic oxidation sites excluding steroid dienone is 2. The van der Waals surface area contributed by atoms with E-state index in [1.54, 1.807) is 0 Å². The van der Waals surface area contributed by atoms with E-state index in [0.29, 0.717) is 12.8 Å². The minimum Gasteiger partial charge on any atom is -0.394 e. The van der Waals surface area contributed by atoms with Crippen LogP contribution < -0.4 is 5.32 Å². The molecule has 4 atom stereocenters. The van der Waals surface area contributed by atoms with Gasteiger partial charge in [0.2, 0.25) is 5.91 Å². The Bertz CT molecular complexity index is 821. The van der Waals surface area contributed by atoms with Gasteiger partial charge in [-0.2, -0.15) is 0 Å². The maximum Gasteiger partial charge on any atom is 0.249 e. The highest BCUT2D eigenvalue weighted by Crippen LogP contribution is 2.17. The Kier molecular flexibility index (Phi) is 45.4. The highest BCUT2D eigenvalue weighted by molar-refractivity contribution is 5.80. The quantitative estimate of drug-likeness (QED) is 0.0311. The molecule has 6 nitrogen and oxygen atoms in total. The minimum atomic E-state index is -1.26. The molecule has 0 saturated heterocycles. The molecule has 6 heteroatoms. The van der Waals surface area contributed by atoms with Gasteiger partial charge in [0.05, 0.1) is 18.8 Å². The van der Waals surface area contributed by atoms with Crippen LogP contribution in [-0.2, 0) is 4.79 Å². The zero-order chi connectivity index (χ0) is 41.7. The summed E-state index contributed by atoms with van der Waals surface area (Å²) in [6, 6.07) is -0.983. The molecule has 5 N–H and O–H groups in total. The molecule has 4 unspecified atom stereocenters. The number of unbranched alkanes of at least 4 members (excludes halogenated alkanes) is 36. The molecule has 0 fully saturated rings. The molecule has 0 aromatic rings. The van der Waals surface area contributed by atoms with Crippen LogP contribution in [-0.4, -0.2) is 57.3 Å². The summed E-state index contributed by atoms with van der Waals surface area (Å²) in [5.41, 5.74) is 0. The van der Waals surface area contributed by atoms with Crippen molar-refractivity contribution in [1.29, 1.82) is 0 Å². The van der Waals surface area contributed by atoms with E-state index < -0.39 is 36.9 Å². The minimum absolute atomic E-state index is 0.370. The number of nitrogens with one attached hydrogen (secondary N) is 1. The number of carbonyl (C=O) groups is 1. The third kappa shape index (κ3) is 40.2. The van der Waals surface area contributed by atoms with Crippen molar-refractivity contribution in [3.05, 3.63) is 12.2 Å². The molecule has 1 amide bonds. The Balaban J connectivity index is 3.64. The monoisotopic (exact) mass is 808 g/mol. The predicted molar refractivity (Wildman–Crippen MR) is 247 cm³/mol. The summed E-state index contributed by atoms with van der Waals surface area (Å²) in [5.74, 6) is -0.582. The summed E-state index contributed by atoms with van der Waals surface area (Å²) in [6.07, 6.45) is 52.6. The van der Waals surface area contributed by atoms with Crippen LogP contribution >= 0.6 is 0 Å². The molecule has 57 heavy (non-hydrogen) atoms. The molecule has 340 valence electrons. The van der Waals surface area contributed by atoms with Gasteiger partial charge in [0.1, 0.15) is 12.2 Å². The van der Waals surface area contributed by atoms with Crippen LogP contribution in [0, 0.1) is 0 Å². The van der Waals surface area contributed by atoms with Gasteiger partial charge in [0, 0.05) is 0 Å². The van der Waals surface area contributed by atoms with E-state index in [2.05, 4.69) is 31.3 Å². The molecule has 0 aliphatic rings. The maximum atomic E-state index is 12.6. The van der Waals surface area contributed by atoms with Gasteiger partial charge in [-0.15, -0.1) is 0 Å². The molecule has 0 bridgehead atoms. The first-order valence-corrected chi connectivity index (χ1v) is 25.6. The molecule has 0 aliphatic heterocycles. The first-order valence-electron chi connectivity index (χ1n) is 25.6. The molecule has 0 heterocycles. The molecule has 0 saturated carbocycles. The standard InChI is InChI=1S/C51H101NO5/c1-3-5-7-9-11-13-15-17-19-21-22-23-24-25-26-27-28-29-31-33-35-37-39-41-43-45-49(55)51(57)52-47(46-53)50(56)48(54)44-42-40-38-36-34-32-30-20-18-16-14-12-10-8-6-4-2/h25-26,47-50,53-56H,3-24,27-46H2,1-2H3,(H,52,57)/b26-25-. The van der Waals surface area contributed by atoms with Crippen molar-refractivity contribution in [2.45, 2.75) is 301 Å². The van der Waals surface area contributed by atoms with Gasteiger partial charge in [0.15, 0.2) is 0 Å². The van der Waals surface area contributed by atoms with E-state index in [4.69, 9.17) is 0 Å². The second kappa shape index (κ2) is 46.1. The zero-order valence-electron chi connectivity index (χ0n) is 38.4. The Labute approximate surface area is 355 Å². The molecular formula is C51H101NO5. The van der Waals surface area contributed by atoms with Crippen molar-refractivity contribution in [2.24, 2.45) is 0 Å². The number of rotatable bonds is 47. The number of aliphatic hydroxyl groups excluding tert-OH is 4. The van der Waals surface area contributed by atoms with Crippen molar-refractivity contribution in [1.82, 2.24) is 5.32 Å². The highest BCUT2D eigenvalue weighted by Gasteiger charge is 2.28. The predicted octanol–water partition coefficient (Wildman–Crippen LogP) is 14.1. The summed E-state index contributed by atoms with van der Waals surface area (Å²) in [5, 5.41) is 43.9. The van der Waals surface area contributed by atoms with Gasteiger partial charge in [-0.3, -0.25) is 4.79 Å². The number of hydrogen-bond donors (Lipinski definition) is 5. The molecule has 0 aromatic heterocycles. The zero-order valence-corrected chi connectivity index (χ0v) is 38.4. The maximum absolute atomic E-state index is 12.6. The molecule has 0 aliphatic carbocycles. The Hall–Kier alpha value is -0.950. The van der Waals surface area contributed by atoms with Gasteiger partial charge in [-0.1, -0.05) is 251 Å². The van der Waals surface area contributed by atoms with Crippen molar-refractivity contribution in [3.8, 4) is 0 Å². The van der Waals surface area contributed by atoms with Crippen LogP contribution in [0.1, 0.15) is 277 Å². The van der Waals surface area contributed by atoms with Gasteiger partial charge >= 0.3 is 0 Å². The van der Waals surface area contributed by atoms with Crippen molar-refractivity contribution in [2.75, 3.05) is 6.61 Å². The van der Waals surface area contributed by atoms with Gasteiger partial charge in [-0.05, 0) is 38.5 Å². The summed E-state index contributed by atoms with van der Waals surface area (Å²) >= 11 is 0. The van der Waals surface area contributed by atoms with Crippen molar-refractivity contribution >= 4 is 5.91 Å². The van der Waals surface area contributed by atoms with Crippen molar-refractivity contribution in [3.63, 3.8) is 0 Å². The van der Waals surface area contributed by atoms with Crippen LogP contribution in [0.3, 0.4) is 0 Å². The van der Waals surface area contributed by atoms with Crippen LogP contribution in [0.2, 0.25) is 0 Å². The number of aliphatic hydroxyl groups is 4. The fourth-order valence-electron chi connectivity index (χ4n) is 8.17. The fourth-order valence-corrected chi connectivity index (χ4v) is 8.17. The second-order valence-corrected chi connectivity index (χ2v) is 17.9. The Morgan fingerprint density at radius 1 is 0.421 bits per heavy atom. The average molecular weight is 808 g/mol. The third-order valence-electron chi connectivity index (χ3n) is 12.2. The SMILES string of the molecule is CCCCCCCCCCCCCC/C=C\CCCCCCCCCCCC(O)C(=O)NC(CO)C(O)C(O)CCCCCCCCCCCCCCCCCC. The smallest absolute Gasteiger partial charge is 0.249 e. The van der Waals surface area contributed by atoms with Crippen LogP contribution in [0.4, 0.5) is 0 Å². The average Bonchev–Trinajstić information content (AvgIpc) is 3.22. The van der Waals surface area contributed by atoms with Crippen molar-refractivity contribution < 1.29 is 25.2 Å². The molecule has 0 radical (unpaired) electrons. The van der Waals surface area contributed by atoms with E-state index in [0.717, 1.165) is 38.5 Å². The van der Waals surface area contributed by atoms with Crippen LogP contribution in [0.15, 0.2) is 12.2 Å². The Morgan fingerprint density at radius 3 is 1.02 bits per heavy atom. The summed E-state index contributed by atoms with van der Waals surface area (Å²) in [7, 11) is 0. The van der Waals surface area contributed by atoms with Gasteiger partial charge < -0.3 is 25.7 Å². The van der Waals surface area contributed by atoms with Crippen LogP contribution in [0.5, 0.6) is 0 Å². The lowest BCUT2D eigenvalue weighted by atomic mass is 9.99. The summed E-state index contributed by atoms with van der Waals surface area (Å²) in [4.78, 5) is 12.6. The van der Waals surface area contributed by atoms with Crippen LogP contribution in [0.25, 0.3) is 0 Å². The van der Waals surface area contributed by atoms with E-state index in [-0.39, 0.29) is 0 Å². The lowest BCUT2D eigenvalue weighted by Gasteiger charge is -2.27. The highest BCUT2D eigenvalue weighted by atomic mass is 16.3. The first-order chi connectivity index (χ1) is 28.0. The fraction of sp³-hybridized carbons (Fsp3) is 0.941. The second-order valence-electron chi connectivity index (χ2n) is 17.9. The molecule has 0 spiro atoms. The van der Waals surface area contributed by atoms with Gasteiger partial charge in [0.25, 0.3) is 0 Å². The molecular weight excluding hydrogens is 707 g/mol. The molecule has 0 aromatic carbocycles. The number of carbonyl (C=O) groups excluding carboxylic acids is 1. The largest absolute Gasteiger partial charge is 0.394 e. The molecule has 0 rings (SSSR count). The van der Waals surface area contributed by atoms with E-state index >= 15 is 0 Å². The number of amides is 1. The normalized spacial score (nSPS) is 14.0. The third-order valence-corrected chi connectivity index (χ3v) is 12.2. The van der Waals surface area contributed by atoms with E-state index in [1.807, 2.05) is 0 Å². The number of hydrogen-bond acceptors (Lipinski definition) is 5. The topological polar surface area (TPSA) is 110 Å². The lowest BCUT2D eigenvalue weighted by Crippen LogP contribution is -2.53. The lowest BCUT2D eigenvalue weighted by molar-refractivity contribution is -0.132. The summed E-state index contributed by atoms with van der Waals surface area (Å²) < 4.78 is 0. The van der Waals surface area contributed by atoms with E-state index in [9.17, 15) is 25.2 Å². The van der Waals surface area contributed by atoms with Gasteiger partial charge in [-0.25, -0.2) is 0 Å². The van der Waals surface area contributed by atoms with E-state index in [1.165, 1.54) is 212 Å². The summed E-state index contributed by atoms with van der Waals surface area (Å²) in [6.45, 7) is 4.08. The Morgan fingerprint density at radius 2 is 0.702 bits per heavy atom. The first kappa shape index (κ1) is 56.0.